The van der Waals surface area contributed by atoms with Crippen molar-refractivity contribution < 1.29 is 4.39 Å². The van der Waals surface area contributed by atoms with Crippen molar-refractivity contribution in [2.45, 2.75) is 26.4 Å². The van der Waals surface area contributed by atoms with Gasteiger partial charge in [-0.1, -0.05) is 6.07 Å². The van der Waals surface area contributed by atoms with Crippen molar-refractivity contribution >= 4 is 5.69 Å². The molecule has 0 amide bonds. The van der Waals surface area contributed by atoms with Gasteiger partial charge < -0.3 is 10.6 Å². The highest BCUT2D eigenvalue weighted by Crippen LogP contribution is 2.20. The molecule has 2 N–H and O–H groups in total. The maximum Gasteiger partial charge on any atom is 0.129 e. The van der Waals surface area contributed by atoms with Crippen LogP contribution in [0.3, 0.4) is 0 Å². The van der Waals surface area contributed by atoms with Gasteiger partial charge in [-0.05, 0) is 26.0 Å². The second-order valence-corrected chi connectivity index (χ2v) is 5.10. The molecule has 1 aliphatic rings. The highest BCUT2D eigenvalue weighted by Gasteiger charge is 2.19. The molecule has 0 aliphatic carbocycles. The van der Waals surface area contributed by atoms with Crippen LogP contribution < -0.4 is 10.6 Å². The molecule has 0 saturated carbocycles. The molecule has 1 aliphatic heterocycles. The summed E-state index contributed by atoms with van der Waals surface area (Å²) >= 11 is 0. The maximum absolute atomic E-state index is 13.7. The first-order valence-corrected chi connectivity index (χ1v) is 6.59. The molecule has 18 heavy (non-hydrogen) atoms. The summed E-state index contributed by atoms with van der Waals surface area (Å²) in [6.07, 6.45) is 0. The van der Waals surface area contributed by atoms with Crippen LogP contribution in [0, 0.1) is 5.82 Å². The van der Waals surface area contributed by atoms with Gasteiger partial charge in [-0.15, -0.1) is 0 Å². The predicted molar refractivity (Wildman–Crippen MR) is 73.2 cm³/mol. The van der Waals surface area contributed by atoms with Gasteiger partial charge in [0.25, 0.3) is 0 Å². The van der Waals surface area contributed by atoms with E-state index in [0.717, 1.165) is 31.9 Å². The third-order valence-corrected chi connectivity index (χ3v) is 3.67. The number of anilines is 1. The third-order valence-electron chi connectivity index (χ3n) is 3.67. The maximum atomic E-state index is 13.7. The fraction of sp³-hybridized carbons (Fsp3) is 0.571. The molecule has 1 fully saturated rings. The Labute approximate surface area is 108 Å². The number of piperazine rings is 1. The molecule has 1 heterocycles. The molecular weight excluding hydrogens is 229 g/mol. The minimum Gasteiger partial charge on any atom is -0.369 e. The Bertz CT molecular complexity index is 398. The summed E-state index contributed by atoms with van der Waals surface area (Å²) in [6, 6.07) is 5.95. The van der Waals surface area contributed by atoms with Crippen molar-refractivity contribution in [3.8, 4) is 0 Å². The molecular formula is C14H22FN3. The highest BCUT2D eigenvalue weighted by molar-refractivity contribution is 5.48. The number of halogens is 1. The van der Waals surface area contributed by atoms with Crippen molar-refractivity contribution in [3.63, 3.8) is 0 Å². The van der Waals surface area contributed by atoms with Gasteiger partial charge in [0, 0.05) is 50.0 Å². The molecule has 0 spiro atoms. The first-order chi connectivity index (χ1) is 8.61. The zero-order valence-electron chi connectivity index (χ0n) is 11.2. The Balaban J connectivity index is 2.03. The van der Waals surface area contributed by atoms with Gasteiger partial charge in [-0.2, -0.15) is 0 Å². The average Bonchev–Trinajstić information content (AvgIpc) is 2.38. The minimum absolute atomic E-state index is 0.193. The Morgan fingerprint density at radius 2 is 1.89 bits per heavy atom. The molecule has 1 aromatic carbocycles. The number of nitrogens with two attached hydrogens (primary N) is 1. The van der Waals surface area contributed by atoms with Crippen molar-refractivity contribution in [1.82, 2.24) is 4.90 Å². The average molecular weight is 251 g/mol. The van der Waals surface area contributed by atoms with Crippen LogP contribution >= 0.6 is 0 Å². The second-order valence-electron chi connectivity index (χ2n) is 5.10. The fourth-order valence-corrected chi connectivity index (χ4v) is 2.39. The van der Waals surface area contributed by atoms with E-state index in [1.807, 2.05) is 6.07 Å². The predicted octanol–water partition coefficient (Wildman–Crippen LogP) is 1.81. The molecule has 0 unspecified atom stereocenters. The number of hydrogen-bond acceptors (Lipinski definition) is 3. The normalized spacial score (nSPS) is 17.5. The van der Waals surface area contributed by atoms with E-state index in [-0.39, 0.29) is 12.4 Å². The van der Waals surface area contributed by atoms with E-state index in [1.54, 1.807) is 12.1 Å². The molecule has 2 rings (SSSR count). The summed E-state index contributed by atoms with van der Waals surface area (Å²) in [5.41, 5.74) is 7.02. The summed E-state index contributed by atoms with van der Waals surface area (Å²) in [7, 11) is 0. The van der Waals surface area contributed by atoms with Crippen molar-refractivity contribution in [2.24, 2.45) is 5.73 Å². The second kappa shape index (κ2) is 5.67. The smallest absolute Gasteiger partial charge is 0.129 e. The lowest BCUT2D eigenvalue weighted by molar-refractivity contribution is 0.209. The third kappa shape index (κ3) is 2.82. The van der Waals surface area contributed by atoms with Gasteiger partial charge in [0.15, 0.2) is 0 Å². The Kier molecular flexibility index (Phi) is 4.19. The first kappa shape index (κ1) is 13.3. The van der Waals surface area contributed by atoms with Crippen LogP contribution in [0.25, 0.3) is 0 Å². The monoisotopic (exact) mass is 251 g/mol. The summed E-state index contributed by atoms with van der Waals surface area (Å²) in [5, 5.41) is 0. The molecule has 4 heteroatoms. The van der Waals surface area contributed by atoms with E-state index in [9.17, 15) is 4.39 Å². The van der Waals surface area contributed by atoms with Crippen LogP contribution in [0.4, 0.5) is 10.1 Å². The molecule has 1 aromatic rings. The molecule has 100 valence electrons. The molecule has 0 aromatic heterocycles. The zero-order valence-corrected chi connectivity index (χ0v) is 11.2. The van der Waals surface area contributed by atoms with Gasteiger partial charge in [0.05, 0.1) is 0 Å². The van der Waals surface area contributed by atoms with E-state index in [4.69, 9.17) is 5.73 Å². The lowest BCUT2D eigenvalue weighted by Gasteiger charge is -2.38. The first-order valence-electron chi connectivity index (χ1n) is 6.59. The van der Waals surface area contributed by atoms with Gasteiger partial charge in [0.2, 0.25) is 0 Å². The quantitative estimate of drug-likeness (QED) is 0.889. The summed E-state index contributed by atoms with van der Waals surface area (Å²) < 4.78 is 13.7. The van der Waals surface area contributed by atoms with Crippen LogP contribution in [0.15, 0.2) is 18.2 Å². The largest absolute Gasteiger partial charge is 0.369 e. The van der Waals surface area contributed by atoms with Gasteiger partial charge >= 0.3 is 0 Å². The highest BCUT2D eigenvalue weighted by atomic mass is 19.1. The lowest BCUT2D eigenvalue weighted by Crippen LogP contribution is -2.48. The fourth-order valence-electron chi connectivity index (χ4n) is 2.39. The van der Waals surface area contributed by atoms with E-state index in [0.29, 0.717) is 11.6 Å². The van der Waals surface area contributed by atoms with Crippen LogP contribution in [0.5, 0.6) is 0 Å². The topological polar surface area (TPSA) is 32.5 Å². The Hall–Kier alpha value is -1.13. The van der Waals surface area contributed by atoms with E-state index < -0.39 is 0 Å². The minimum atomic E-state index is -0.193. The lowest BCUT2D eigenvalue weighted by atomic mass is 10.1. The van der Waals surface area contributed by atoms with Crippen LogP contribution in [-0.2, 0) is 6.54 Å². The number of hydrogen-bond donors (Lipinski definition) is 1. The molecule has 0 atom stereocenters. The Morgan fingerprint density at radius 1 is 1.22 bits per heavy atom. The van der Waals surface area contributed by atoms with Crippen LogP contribution in [0.1, 0.15) is 19.4 Å². The zero-order chi connectivity index (χ0) is 13.1. The summed E-state index contributed by atoms with van der Waals surface area (Å²) in [4.78, 5) is 4.68. The molecule has 0 bridgehead atoms. The number of rotatable bonds is 3. The SMILES string of the molecule is CC(C)N1CCN(c2ccc(CN)c(F)c2)CC1. The summed E-state index contributed by atoms with van der Waals surface area (Å²) in [5.74, 6) is -0.193. The van der Waals surface area contributed by atoms with Crippen LogP contribution in [0.2, 0.25) is 0 Å². The van der Waals surface area contributed by atoms with Crippen molar-refractivity contribution in [1.29, 1.82) is 0 Å². The van der Waals surface area contributed by atoms with Crippen molar-refractivity contribution in [2.75, 3.05) is 31.1 Å². The standard InChI is InChI=1S/C14H22FN3/c1-11(2)17-5-7-18(8-6-17)13-4-3-12(10-16)14(15)9-13/h3-4,9,11H,5-8,10,16H2,1-2H3. The van der Waals surface area contributed by atoms with E-state index in [1.165, 1.54) is 0 Å². The summed E-state index contributed by atoms with van der Waals surface area (Å²) in [6.45, 7) is 8.68. The van der Waals surface area contributed by atoms with E-state index in [2.05, 4.69) is 23.6 Å². The van der Waals surface area contributed by atoms with E-state index >= 15 is 0 Å². The van der Waals surface area contributed by atoms with Gasteiger partial charge in [-0.3, -0.25) is 4.90 Å². The van der Waals surface area contributed by atoms with Gasteiger partial charge in [-0.25, -0.2) is 4.39 Å². The molecule has 1 saturated heterocycles. The van der Waals surface area contributed by atoms with Gasteiger partial charge in [0.1, 0.15) is 5.82 Å². The Morgan fingerprint density at radius 3 is 2.39 bits per heavy atom. The number of nitrogens with zero attached hydrogens (tertiary/aromatic N) is 2. The number of benzene rings is 1. The van der Waals surface area contributed by atoms with Crippen LogP contribution in [-0.4, -0.2) is 37.1 Å². The van der Waals surface area contributed by atoms with Crippen molar-refractivity contribution in [3.05, 3.63) is 29.6 Å². The molecule has 0 radical (unpaired) electrons. The molecule has 3 nitrogen and oxygen atoms in total.